The van der Waals surface area contributed by atoms with Crippen LogP contribution >= 0.6 is 15.9 Å². The second-order valence-electron chi connectivity index (χ2n) is 6.31. The predicted octanol–water partition coefficient (Wildman–Crippen LogP) is 3.47. The third kappa shape index (κ3) is 6.87. The predicted molar refractivity (Wildman–Crippen MR) is 99.5 cm³/mol. The van der Waals surface area contributed by atoms with E-state index in [0.29, 0.717) is 24.0 Å². The second-order valence-corrected chi connectivity index (χ2v) is 7.22. The third-order valence-corrected chi connectivity index (χ3v) is 3.47. The molecule has 0 unspecified atom stereocenters. The SMILES string of the molecule is COC(=O)c1cc(Br)cc([N+](=O)[O-])c1NCCCNC(=O)OC(C)(C)C. The van der Waals surface area contributed by atoms with E-state index in [-0.39, 0.29) is 16.9 Å². The van der Waals surface area contributed by atoms with Crippen molar-refractivity contribution in [1.29, 1.82) is 0 Å². The van der Waals surface area contributed by atoms with Crippen LogP contribution in [-0.2, 0) is 9.47 Å². The topological polar surface area (TPSA) is 120 Å². The van der Waals surface area contributed by atoms with Crippen LogP contribution in [-0.4, -0.2) is 42.8 Å². The number of amides is 1. The van der Waals surface area contributed by atoms with Crippen LogP contribution in [0.5, 0.6) is 0 Å². The number of nitrogens with zero attached hydrogens (tertiary/aromatic N) is 1. The zero-order valence-electron chi connectivity index (χ0n) is 15.1. The van der Waals surface area contributed by atoms with E-state index in [1.54, 1.807) is 20.8 Å². The molecular weight excluding hydrogens is 410 g/mol. The van der Waals surface area contributed by atoms with Gasteiger partial charge in [0, 0.05) is 23.6 Å². The van der Waals surface area contributed by atoms with Crippen LogP contribution in [0.15, 0.2) is 16.6 Å². The van der Waals surface area contributed by atoms with Crippen molar-refractivity contribution < 1.29 is 24.0 Å². The lowest BCUT2D eigenvalue weighted by Gasteiger charge is -2.19. The fourth-order valence-electron chi connectivity index (χ4n) is 2.00. The molecule has 9 nitrogen and oxygen atoms in total. The summed E-state index contributed by atoms with van der Waals surface area (Å²) in [6.45, 7) is 5.88. The Morgan fingerprint density at radius 1 is 1.27 bits per heavy atom. The number of rotatable bonds is 7. The number of halogens is 1. The maximum absolute atomic E-state index is 11.9. The molecule has 0 aliphatic heterocycles. The van der Waals surface area contributed by atoms with Crippen molar-refractivity contribution in [3.05, 3.63) is 32.3 Å². The van der Waals surface area contributed by atoms with Gasteiger partial charge >= 0.3 is 12.1 Å². The number of ether oxygens (including phenoxy) is 2. The summed E-state index contributed by atoms with van der Waals surface area (Å²) in [6, 6.07) is 2.74. The molecule has 1 amide bonds. The van der Waals surface area contributed by atoms with Gasteiger partial charge in [0.1, 0.15) is 11.3 Å². The molecule has 144 valence electrons. The molecule has 0 aliphatic carbocycles. The number of nitro benzene ring substituents is 1. The first-order valence-electron chi connectivity index (χ1n) is 7.82. The number of carbonyl (C=O) groups is 2. The van der Waals surface area contributed by atoms with Crippen LogP contribution in [0.1, 0.15) is 37.6 Å². The number of esters is 1. The Morgan fingerprint density at radius 3 is 2.46 bits per heavy atom. The molecule has 26 heavy (non-hydrogen) atoms. The van der Waals surface area contributed by atoms with Gasteiger partial charge in [-0.2, -0.15) is 0 Å². The highest BCUT2D eigenvalue weighted by Gasteiger charge is 2.23. The van der Waals surface area contributed by atoms with Crippen molar-refractivity contribution in [1.82, 2.24) is 5.32 Å². The Labute approximate surface area is 159 Å². The first-order chi connectivity index (χ1) is 12.0. The van der Waals surface area contributed by atoms with E-state index < -0.39 is 22.6 Å². The summed E-state index contributed by atoms with van der Waals surface area (Å²) in [5.41, 5.74) is -0.716. The van der Waals surface area contributed by atoms with Crippen molar-refractivity contribution in [3.63, 3.8) is 0 Å². The number of benzene rings is 1. The van der Waals surface area contributed by atoms with Crippen LogP contribution in [0.3, 0.4) is 0 Å². The van der Waals surface area contributed by atoms with Crippen LogP contribution < -0.4 is 10.6 Å². The fourth-order valence-corrected chi connectivity index (χ4v) is 2.45. The van der Waals surface area contributed by atoms with Crippen molar-refractivity contribution in [2.75, 3.05) is 25.5 Å². The molecule has 0 fully saturated rings. The number of hydrogen-bond acceptors (Lipinski definition) is 7. The minimum absolute atomic E-state index is 0.0497. The molecule has 1 rings (SSSR count). The molecule has 1 aromatic rings. The quantitative estimate of drug-likeness (QED) is 0.293. The van der Waals surface area contributed by atoms with Gasteiger partial charge in [-0.25, -0.2) is 9.59 Å². The lowest BCUT2D eigenvalue weighted by atomic mass is 10.1. The van der Waals surface area contributed by atoms with Crippen molar-refractivity contribution in [3.8, 4) is 0 Å². The number of nitrogens with one attached hydrogen (secondary N) is 2. The number of alkyl carbamates (subject to hydrolysis) is 1. The molecule has 0 spiro atoms. The van der Waals surface area contributed by atoms with Gasteiger partial charge in [-0.15, -0.1) is 0 Å². The van der Waals surface area contributed by atoms with Gasteiger partial charge < -0.3 is 20.1 Å². The van der Waals surface area contributed by atoms with Crippen LogP contribution in [0.4, 0.5) is 16.2 Å². The summed E-state index contributed by atoms with van der Waals surface area (Å²) < 4.78 is 10.2. The Morgan fingerprint density at radius 2 is 1.92 bits per heavy atom. The largest absolute Gasteiger partial charge is 0.465 e. The Kier molecular flexibility index (Phi) is 7.81. The van der Waals surface area contributed by atoms with E-state index in [4.69, 9.17) is 4.74 Å². The highest BCUT2D eigenvalue weighted by atomic mass is 79.9. The lowest BCUT2D eigenvalue weighted by molar-refractivity contribution is -0.384. The summed E-state index contributed by atoms with van der Waals surface area (Å²) in [7, 11) is 1.20. The van der Waals surface area contributed by atoms with Gasteiger partial charge in [0.25, 0.3) is 5.69 Å². The molecule has 0 saturated carbocycles. The van der Waals surface area contributed by atoms with Crippen LogP contribution in [0, 0.1) is 10.1 Å². The number of carbonyl (C=O) groups excluding carboxylic acids is 2. The monoisotopic (exact) mass is 431 g/mol. The molecule has 0 atom stereocenters. The van der Waals surface area contributed by atoms with Crippen LogP contribution in [0.2, 0.25) is 0 Å². The molecule has 10 heteroatoms. The zero-order valence-corrected chi connectivity index (χ0v) is 16.6. The molecule has 1 aromatic carbocycles. The molecule has 0 aliphatic rings. The van der Waals surface area contributed by atoms with Crippen LogP contribution in [0.25, 0.3) is 0 Å². The Balaban J connectivity index is 2.73. The minimum Gasteiger partial charge on any atom is -0.465 e. The van der Waals surface area contributed by atoms with Gasteiger partial charge in [0.2, 0.25) is 0 Å². The standard InChI is InChI=1S/C16H22BrN3O6/c1-16(2,3)26-15(22)19-7-5-6-18-13-11(14(21)25-4)8-10(17)9-12(13)20(23)24/h8-9,18H,5-7H2,1-4H3,(H,19,22). The van der Waals surface area contributed by atoms with Crippen molar-refractivity contribution in [2.45, 2.75) is 32.8 Å². The number of nitro groups is 1. The summed E-state index contributed by atoms with van der Waals surface area (Å²) in [5.74, 6) is -0.691. The normalized spacial score (nSPS) is 10.8. The molecule has 0 aromatic heterocycles. The first kappa shape index (κ1) is 21.7. The van der Waals surface area contributed by atoms with E-state index in [1.807, 2.05) is 0 Å². The maximum Gasteiger partial charge on any atom is 0.407 e. The Bertz CT molecular complexity index is 687. The first-order valence-corrected chi connectivity index (χ1v) is 8.61. The smallest absolute Gasteiger partial charge is 0.407 e. The van der Waals surface area contributed by atoms with E-state index in [1.165, 1.54) is 19.2 Å². The highest BCUT2D eigenvalue weighted by molar-refractivity contribution is 9.10. The fraction of sp³-hybridized carbons (Fsp3) is 0.500. The van der Waals surface area contributed by atoms with Gasteiger partial charge in [-0.05, 0) is 33.3 Å². The van der Waals surface area contributed by atoms with Gasteiger partial charge in [0.05, 0.1) is 17.6 Å². The lowest BCUT2D eigenvalue weighted by Crippen LogP contribution is -2.33. The molecule has 0 saturated heterocycles. The van der Waals surface area contributed by atoms with E-state index in [0.717, 1.165) is 0 Å². The number of hydrogen-bond donors (Lipinski definition) is 2. The molecule has 2 N–H and O–H groups in total. The Hall–Kier alpha value is -2.36. The summed E-state index contributed by atoms with van der Waals surface area (Å²) >= 11 is 3.14. The average molecular weight is 432 g/mol. The highest BCUT2D eigenvalue weighted by Crippen LogP contribution is 2.32. The van der Waals surface area contributed by atoms with Gasteiger partial charge in [-0.3, -0.25) is 10.1 Å². The number of methoxy groups -OCH3 is 1. The summed E-state index contributed by atoms with van der Waals surface area (Å²) in [6.07, 6.45) is -0.0741. The van der Waals surface area contributed by atoms with Gasteiger partial charge in [-0.1, -0.05) is 15.9 Å². The number of anilines is 1. The zero-order chi connectivity index (χ0) is 19.9. The second kappa shape index (κ2) is 9.37. The molecule has 0 bridgehead atoms. The minimum atomic E-state index is -0.691. The molecule has 0 radical (unpaired) electrons. The van der Waals surface area contributed by atoms with Crippen molar-refractivity contribution >= 4 is 39.4 Å². The summed E-state index contributed by atoms with van der Waals surface area (Å²) in [4.78, 5) is 34.1. The summed E-state index contributed by atoms with van der Waals surface area (Å²) in [5, 5.41) is 16.7. The average Bonchev–Trinajstić information content (AvgIpc) is 2.52. The van der Waals surface area contributed by atoms with E-state index >= 15 is 0 Å². The molecular formula is C16H22BrN3O6. The van der Waals surface area contributed by atoms with Crippen molar-refractivity contribution in [2.24, 2.45) is 0 Å². The van der Waals surface area contributed by atoms with Gasteiger partial charge in [0.15, 0.2) is 0 Å². The van der Waals surface area contributed by atoms with E-state index in [9.17, 15) is 19.7 Å². The molecule has 0 heterocycles. The third-order valence-electron chi connectivity index (χ3n) is 3.01. The maximum atomic E-state index is 11.9. The van der Waals surface area contributed by atoms with E-state index in [2.05, 4.69) is 31.3 Å².